The van der Waals surface area contributed by atoms with Crippen LogP contribution in [-0.4, -0.2) is 35.5 Å². The Morgan fingerprint density at radius 1 is 1.42 bits per heavy atom. The lowest BCUT2D eigenvalue weighted by Crippen LogP contribution is -2.37. The normalized spacial score (nSPS) is 19.5. The molecular formula is C20H25N3O2S. The van der Waals surface area contributed by atoms with Crippen molar-refractivity contribution < 1.29 is 9.53 Å². The first-order chi connectivity index (χ1) is 12.5. The highest BCUT2D eigenvalue weighted by molar-refractivity contribution is 7.15. The van der Waals surface area contributed by atoms with Gasteiger partial charge in [-0.25, -0.2) is 4.98 Å². The van der Waals surface area contributed by atoms with E-state index in [1.54, 1.807) is 18.4 Å². The molecule has 6 heteroatoms. The Kier molecular flexibility index (Phi) is 6.06. The second-order valence-electron chi connectivity index (χ2n) is 6.66. The molecule has 5 nitrogen and oxygen atoms in total. The van der Waals surface area contributed by atoms with Crippen molar-refractivity contribution in [3.63, 3.8) is 0 Å². The molecule has 3 rings (SSSR count). The summed E-state index contributed by atoms with van der Waals surface area (Å²) in [4.78, 5) is 19.1. The van der Waals surface area contributed by atoms with Gasteiger partial charge in [0.05, 0.1) is 7.11 Å². The third-order valence-corrected chi connectivity index (χ3v) is 5.48. The van der Waals surface area contributed by atoms with Gasteiger partial charge in [0.25, 0.3) is 0 Å². The summed E-state index contributed by atoms with van der Waals surface area (Å²) in [5.41, 5.74) is 2.71. The van der Waals surface area contributed by atoms with Crippen molar-refractivity contribution in [3.05, 3.63) is 46.5 Å². The van der Waals surface area contributed by atoms with Gasteiger partial charge in [0.15, 0.2) is 5.13 Å². The Balaban J connectivity index is 1.58. The minimum Gasteiger partial charge on any atom is -0.497 e. The van der Waals surface area contributed by atoms with E-state index in [0.717, 1.165) is 31.7 Å². The first-order valence-electron chi connectivity index (χ1n) is 8.83. The van der Waals surface area contributed by atoms with E-state index >= 15 is 0 Å². The number of carbonyl (C=O) groups is 1. The van der Waals surface area contributed by atoms with E-state index in [9.17, 15) is 4.79 Å². The highest BCUT2D eigenvalue weighted by atomic mass is 32.1. The Labute approximate surface area is 158 Å². The Hall–Kier alpha value is -2.18. The van der Waals surface area contributed by atoms with Gasteiger partial charge in [0.1, 0.15) is 5.75 Å². The molecule has 26 heavy (non-hydrogen) atoms. The summed E-state index contributed by atoms with van der Waals surface area (Å²) in [6, 6.07) is 8.69. The SMILES string of the molecule is COc1ccc(/C=C2/CCN(Cc3cnc(NC(C)=O)s3)[C@H](C)C2)cc1. The van der Waals surface area contributed by atoms with E-state index in [1.807, 2.05) is 18.3 Å². The van der Waals surface area contributed by atoms with Crippen LogP contribution in [0.1, 0.15) is 37.1 Å². The highest BCUT2D eigenvalue weighted by Crippen LogP contribution is 2.28. The predicted molar refractivity (Wildman–Crippen MR) is 106 cm³/mol. The van der Waals surface area contributed by atoms with Crippen molar-refractivity contribution in [1.29, 1.82) is 0 Å². The Morgan fingerprint density at radius 3 is 2.85 bits per heavy atom. The molecule has 2 heterocycles. The van der Waals surface area contributed by atoms with E-state index < -0.39 is 0 Å². The van der Waals surface area contributed by atoms with Crippen molar-refractivity contribution in [2.24, 2.45) is 0 Å². The lowest BCUT2D eigenvalue weighted by atomic mass is 9.95. The summed E-state index contributed by atoms with van der Waals surface area (Å²) in [6.07, 6.45) is 6.32. The highest BCUT2D eigenvalue weighted by Gasteiger charge is 2.22. The Morgan fingerprint density at radius 2 is 2.19 bits per heavy atom. The van der Waals surface area contributed by atoms with Crippen LogP contribution in [0.25, 0.3) is 6.08 Å². The van der Waals surface area contributed by atoms with E-state index in [2.05, 4.69) is 40.3 Å². The molecule has 0 radical (unpaired) electrons. The standard InChI is InChI=1S/C20H25N3O2S/c1-14-10-17(11-16-4-6-18(25-3)7-5-16)8-9-23(14)13-19-12-21-20(26-19)22-15(2)24/h4-7,11-12,14H,8-10,13H2,1-3H3,(H,21,22,24)/b17-11-/t14-/m1/s1. The van der Waals surface area contributed by atoms with Crippen LogP contribution >= 0.6 is 11.3 Å². The fraction of sp³-hybridized carbons (Fsp3) is 0.400. The molecule has 0 saturated carbocycles. The quantitative estimate of drug-likeness (QED) is 0.857. The number of hydrogen-bond donors (Lipinski definition) is 1. The van der Waals surface area contributed by atoms with Crippen molar-refractivity contribution >= 4 is 28.5 Å². The van der Waals surface area contributed by atoms with E-state index in [-0.39, 0.29) is 5.91 Å². The van der Waals surface area contributed by atoms with Gasteiger partial charge in [-0.1, -0.05) is 23.8 Å². The number of carbonyl (C=O) groups excluding carboxylic acids is 1. The summed E-state index contributed by atoms with van der Waals surface area (Å²) in [5, 5.41) is 3.43. The van der Waals surface area contributed by atoms with Crippen molar-refractivity contribution in [2.45, 2.75) is 39.3 Å². The van der Waals surface area contributed by atoms with Crippen LogP contribution in [0.3, 0.4) is 0 Å². The number of nitrogens with one attached hydrogen (secondary N) is 1. The minimum atomic E-state index is -0.0782. The molecule has 0 aliphatic carbocycles. The van der Waals surface area contributed by atoms with E-state index in [0.29, 0.717) is 11.2 Å². The average molecular weight is 372 g/mol. The number of piperidine rings is 1. The summed E-state index contributed by atoms with van der Waals surface area (Å²) < 4.78 is 5.22. The number of thiazole rings is 1. The number of ether oxygens (including phenoxy) is 1. The molecule has 1 fully saturated rings. The summed E-state index contributed by atoms with van der Waals surface area (Å²) >= 11 is 1.55. The number of hydrogen-bond acceptors (Lipinski definition) is 5. The fourth-order valence-corrected chi connectivity index (χ4v) is 4.09. The number of amides is 1. The van der Waals surface area contributed by atoms with Gasteiger partial charge in [0, 0.05) is 37.1 Å². The maximum Gasteiger partial charge on any atom is 0.223 e. The summed E-state index contributed by atoms with van der Waals surface area (Å²) in [5.74, 6) is 0.809. The van der Waals surface area contributed by atoms with Crippen LogP contribution in [0.5, 0.6) is 5.75 Å². The van der Waals surface area contributed by atoms with Crippen LogP contribution < -0.4 is 10.1 Å². The summed E-state index contributed by atoms with van der Waals surface area (Å²) in [7, 11) is 1.69. The zero-order valence-electron chi connectivity index (χ0n) is 15.5. The summed E-state index contributed by atoms with van der Waals surface area (Å²) in [6.45, 7) is 5.70. The van der Waals surface area contributed by atoms with Crippen LogP contribution in [0.2, 0.25) is 0 Å². The van der Waals surface area contributed by atoms with Crippen molar-refractivity contribution in [2.75, 3.05) is 19.0 Å². The fourth-order valence-electron chi connectivity index (χ4n) is 3.21. The molecular weight excluding hydrogens is 346 g/mol. The molecule has 138 valence electrons. The zero-order valence-corrected chi connectivity index (χ0v) is 16.3. The van der Waals surface area contributed by atoms with E-state index in [1.165, 1.54) is 22.9 Å². The lowest BCUT2D eigenvalue weighted by molar-refractivity contribution is -0.114. The third-order valence-electron chi connectivity index (χ3n) is 4.58. The Bertz CT molecular complexity index is 783. The first-order valence-corrected chi connectivity index (χ1v) is 9.65. The van der Waals surface area contributed by atoms with Gasteiger partial charge in [0.2, 0.25) is 5.91 Å². The van der Waals surface area contributed by atoms with Crippen LogP contribution in [0, 0.1) is 0 Å². The number of benzene rings is 1. The monoisotopic (exact) mass is 371 g/mol. The molecule has 1 N–H and O–H groups in total. The van der Waals surface area contributed by atoms with Crippen molar-refractivity contribution in [3.8, 4) is 5.75 Å². The lowest BCUT2D eigenvalue weighted by Gasteiger charge is -2.34. The molecule has 0 bridgehead atoms. The second kappa shape index (κ2) is 8.47. The van der Waals surface area contributed by atoms with Gasteiger partial charge in [-0.3, -0.25) is 9.69 Å². The predicted octanol–water partition coefficient (Wildman–Crippen LogP) is 4.18. The maximum absolute atomic E-state index is 11.1. The van der Waals surface area contributed by atoms with Gasteiger partial charge < -0.3 is 10.1 Å². The number of nitrogens with zero attached hydrogens (tertiary/aromatic N) is 2. The topological polar surface area (TPSA) is 54.5 Å². The molecule has 1 aliphatic heterocycles. The van der Waals surface area contributed by atoms with Gasteiger partial charge >= 0.3 is 0 Å². The number of anilines is 1. The van der Waals surface area contributed by atoms with Crippen molar-refractivity contribution in [1.82, 2.24) is 9.88 Å². The molecule has 1 atom stereocenters. The molecule has 1 aromatic heterocycles. The molecule has 0 unspecified atom stereocenters. The number of likely N-dealkylation sites (tertiary alicyclic amines) is 1. The van der Waals surface area contributed by atoms with E-state index in [4.69, 9.17) is 4.74 Å². The smallest absolute Gasteiger partial charge is 0.223 e. The zero-order chi connectivity index (χ0) is 18.5. The molecule has 2 aromatic rings. The van der Waals surface area contributed by atoms with Crippen LogP contribution in [0.4, 0.5) is 5.13 Å². The minimum absolute atomic E-state index is 0.0782. The third kappa shape index (κ3) is 4.93. The van der Waals surface area contributed by atoms with Gasteiger partial charge in [-0.05, 0) is 37.5 Å². The largest absolute Gasteiger partial charge is 0.497 e. The van der Waals surface area contributed by atoms with Crippen LogP contribution in [-0.2, 0) is 11.3 Å². The molecule has 1 aromatic carbocycles. The molecule has 0 spiro atoms. The number of methoxy groups -OCH3 is 1. The number of aromatic nitrogens is 1. The average Bonchev–Trinajstić information content (AvgIpc) is 3.04. The molecule has 1 saturated heterocycles. The van der Waals surface area contributed by atoms with Gasteiger partial charge in [-0.2, -0.15) is 0 Å². The second-order valence-corrected chi connectivity index (χ2v) is 7.78. The van der Waals surface area contributed by atoms with Crippen LogP contribution in [0.15, 0.2) is 36.0 Å². The molecule has 1 amide bonds. The molecule has 1 aliphatic rings. The first kappa shape index (κ1) is 18.6. The maximum atomic E-state index is 11.1. The number of rotatable bonds is 5. The van der Waals surface area contributed by atoms with Gasteiger partial charge in [-0.15, -0.1) is 11.3 Å².